The van der Waals surface area contributed by atoms with E-state index in [4.69, 9.17) is 23.1 Å². The molecule has 1 aromatic heterocycles. The van der Waals surface area contributed by atoms with Gasteiger partial charge in [-0.3, -0.25) is 0 Å². The third kappa shape index (κ3) is 1.64. The van der Waals surface area contributed by atoms with Gasteiger partial charge in [-0.2, -0.15) is 0 Å². The molecule has 0 aliphatic heterocycles. The van der Waals surface area contributed by atoms with E-state index in [1.54, 1.807) is 18.2 Å². The van der Waals surface area contributed by atoms with Crippen LogP contribution in [0, 0.1) is 0 Å². The van der Waals surface area contributed by atoms with Crippen molar-refractivity contribution in [3.05, 3.63) is 23.2 Å². The van der Waals surface area contributed by atoms with Crippen molar-refractivity contribution in [2.45, 2.75) is 0 Å². The molecular weight excluding hydrogens is 220 g/mol. The first-order chi connectivity index (χ1) is 6.66. The fourth-order valence-corrected chi connectivity index (χ4v) is 1.91. The summed E-state index contributed by atoms with van der Waals surface area (Å²) in [6.45, 7) is 0. The van der Waals surface area contributed by atoms with Crippen molar-refractivity contribution in [1.29, 1.82) is 0 Å². The number of nitrogen functional groups attached to an aromatic ring is 2. The Hall–Kier alpha value is -1.33. The number of benzene rings is 1. The minimum absolute atomic E-state index is 0.425. The molecule has 4 nitrogen and oxygen atoms in total. The molecule has 0 atom stereocenters. The topological polar surface area (TPSA) is 77.8 Å². The fourth-order valence-electron chi connectivity index (χ4n) is 1.07. The molecule has 0 radical (unpaired) electrons. The highest BCUT2D eigenvalue weighted by Gasteiger charge is 2.07. The number of hydrogen-bond acceptors (Lipinski definition) is 5. The molecule has 0 saturated heterocycles. The Morgan fingerprint density at radius 1 is 1.21 bits per heavy atom. The van der Waals surface area contributed by atoms with Crippen molar-refractivity contribution in [3.63, 3.8) is 0 Å². The maximum Gasteiger partial charge on any atom is 0.203 e. The predicted molar refractivity (Wildman–Crippen MR) is 59.2 cm³/mol. The SMILES string of the molecule is Nc1nnc(-c2ccc(Cl)cc2N)s1. The molecular formula is C8H7ClN4S. The minimum Gasteiger partial charge on any atom is -0.398 e. The molecule has 4 N–H and O–H groups in total. The first-order valence-electron chi connectivity index (χ1n) is 3.81. The van der Waals surface area contributed by atoms with Gasteiger partial charge in [0.15, 0.2) is 5.01 Å². The summed E-state index contributed by atoms with van der Waals surface area (Å²) in [5.74, 6) is 0. The summed E-state index contributed by atoms with van der Waals surface area (Å²) in [5.41, 5.74) is 12.6. The highest BCUT2D eigenvalue weighted by molar-refractivity contribution is 7.18. The van der Waals surface area contributed by atoms with Crippen LogP contribution < -0.4 is 11.5 Å². The van der Waals surface area contributed by atoms with Crippen LogP contribution in [0.25, 0.3) is 10.6 Å². The van der Waals surface area contributed by atoms with Crippen molar-refractivity contribution in [1.82, 2.24) is 10.2 Å². The predicted octanol–water partition coefficient (Wildman–Crippen LogP) is 2.02. The van der Waals surface area contributed by atoms with Gasteiger partial charge in [0, 0.05) is 16.3 Å². The van der Waals surface area contributed by atoms with E-state index >= 15 is 0 Å². The number of hydrogen-bond donors (Lipinski definition) is 2. The Morgan fingerprint density at radius 2 is 2.00 bits per heavy atom. The lowest BCUT2D eigenvalue weighted by atomic mass is 10.2. The summed E-state index contributed by atoms with van der Waals surface area (Å²) in [5, 5.41) is 9.34. The van der Waals surface area contributed by atoms with Gasteiger partial charge in [0.2, 0.25) is 5.13 Å². The van der Waals surface area contributed by atoms with Gasteiger partial charge in [-0.25, -0.2) is 0 Å². The second-order valence-corrected chi connectivity index (χ2v) is 4.12. The van der Waals surface area contributed by atoms with E-state index < -0.39 is 0 Å². The molecule has 1 heterocycles. The minimum atomic E-state index is 0.425. The first kappa shape index (κ1) is 9.23. The molecule has 0 amide bonds. The summed E-state index contributed by atoms with van der Waals surface area (Å²) in [7, 11) is 0. The fraction of sp³-hybridized carbons (Fsp3) is 0. The number of halogens is 1. The van der Waals surface area contributed by atoms with Gasteiger partial charge in [-0.1, -0.05) is 22.9 Å². The van der Waals surface area contributed by atoms with Crippen LogP contribution in [0.5, 0.6) is 0 Å². The second-order valence-electron chi connectivity index (χ2n) is 2.68. The van der Waals surface area contributed by atoms with E-state index in [1.165, 1.54) is 11.3 Å². The van der Waals surface area contributed by atoms with E-state index in [9.17, 15) is 0 Å². The molecule has 0 unspecified atom stereocenters. The molecule has 72 valence electrons. The highest BCUT2D eigenvalue weighted by Crippen LogP contribution is 2.30. The summed E-state index contributed by atoms with van der Waals surface area (Å²) in [6.07, 6.45) is 0. The van der Waals surface area contributed by atoms with Crippen molar-refractivity contribution < 1.29 is 0 Å². The Morgan fingerprint density at radius 3 is 2.57 bits per heavy atom. The molecule has 6 heteroatoms. The van der Waals surface area contributed by atoms with Crippen LogP contribution in [-0.2, 0) is 0 Å². The Labute approximate surface area is 89.5 Å². The molecule has 1 aromatic carbocycles. The number of rotatable bonds is 1. The number of anilines is 2. The molecule has 14 heavy (non-hydrogen) atoms. The van der Waals surface area contributed by atoms with Gasteiger partial charge in [0.25, 0.3) is 0 Å². The molecule has 0 aliphatic carbocycles. The van der Waals surface area contributed by atoms with E-state index in [1.807, 2.05) is 0 Å². The van der Waals surface area contributed by atoms with Gasteiger partial charge in [-0.15, -0.1) is 10.2 Å². The Bertz CT molecular complexity index is 468. The summed E-state index contributed by atoms with van der Waals surface area (Å²) in [6, 6.07) is 5.23. The number of nitrogens with zero attached hydrogens (tertiary/aromatic N) is 2. The molecule has 0 aliphatic rings. The van der Waals surface area contributed by atoms with Crippen LogP contribution >= 0.6 is 22.9 Å². The lowest BCUT2D eigenvalue weighted by molar-refractivity contribution is 1.10. The summed E-state index contributed by atoms with van der Waals surface area (Å²) >= 11 is 7.07. The van der Waals surface area contributed by atoms with Crippen LogP contribution in [0.3, 0.4) is 0 Å². The maximum absolute atomic E-state index is 5.78. The molecule has 0 bridgehead atoms. The third-order valence-electron chi connectivity index (χ3n) is 1.68. The lowest BCUT2D eigenvalue weighted by Gasteiger charge is -2.00. The average Bonchev–Trinajstić information content (AvgIpc) is 2.51. The van der Waals surface area contributed by atoms with E-state index in [-0.39, 0.29) is 0 Å². The largest absolute Gasteiger partial charge is 0.398 e. The van der Waals surface area contributed by atoms with Gasteiger partial charge in [0.1, 0.15) is 0 Å². The summed E-state index contributed by atoms with van der Waals surface area (Å²) < 4.78 is 0. The zero-order chi connectivity index (χ0) is 10.1. The smallest absolute Gasteiger partial charge is 0.203 e. The zero-order valence-corrected chi connectivity index (χ0v) is 8.64. The molecule has 2 rings (SSSR count). The van der Waals surface area contributed by atoms with Crippen LogP contribution in [0.1, 0.15) is 0 Å². The van der Waals surface area contributed by atoms with Crippen molar-refractivity contribution >= 4 is 33.8 Å². The first-order valence-corrected chi connectivity index (χ1v) is 5.00. The van der Waals surface area contributed by atoms with Crippen LogP contribution in [0.15, 0.2) is 18.2 Å². The number of nitrogens with two attached hydrogens (primary N) is 2. The van der Waals surface area contributed by atoms with E-state index in [2.05, 4.69) is 10.2 Å². The van der Waals surface area contributed by atoms with Crippen LogP contribution in [-0.4, -0.2) is 10.2 Å². The van der Waals surface area contributed by atoms with Crippen molar-refractivity contribution in [2.75, 3.05) is 11.5 Å². The quantitative estimate of drug-likeness (QED) is 0.730. The molecule has 0 fully saturated rings. The van der Waals surface area contributed by atoms with E-state index in [0.29, 0.717) is 20.8 Å². The number of aromatic nitrogens is 2. The van der Waals surface area contributed by atoms with Gasteiger partial charge in [0.05, 0.1) is 0 Å². The molecule has 0 spiro atoms. The normalized spacial score (nSPS) is 10.4. The summed E-state index contributed by atoms with van der Waals surface area (Å²) in [4.78, 5) is 0. The van der Waals surface area contributed by atoms with Crippen molar-refractivity contribution in [3.8, 4) is 10.6 Å². The zero-order valence-electron chi connectivity index (χ0n) is 7.07. The van der Waals surface area contributed by atoms with Crippen LogP contribution in [0.2, 0.25) is 5.02 Å². The van der Waals surface area contributed by atoms with Gasteiger partial charge < -0.3 is 11.5 Å². The van der Waals surface area contributed by atoms with E-state index in [0.717, 1.165) is 5.56 Å². The molecule has 0 saturated carbocycles. The third-order valence-corrected chi connectivity index (χ3v) is 2.71. The standard InChI is InChI=1S/C8H7ClN4S/c9-4-1-2-5(6(10)3-4)7-12-13-8(11)14-7/h1-3H,10H2,(H2,11,13). The Balaban J connectivity index is 2.52. The van der Waals surface area contributed by atoms with Crippen LogP contribution in [0.4, 0.5) is 10.8 Å². The average molecular weight is 227 g/mol. The monoisotopic (exact) mass is 226 g/mol. The molecule has 2 aromatic rings. The Kier molecular flexibility index (Phi) is 2.26. The maximum atomic E-state index is 5.78. The van der Waals surface area contributed by atoms with Gasteiger partial charge >= 0.3 is 0 Å². The second kappa shape index (κ2) is 3.43. The lowest BCUT2D eigenvalue weighted by Crippen LogP contribution is -1.89. The van der Waals surface area contributed by atoms with Crippen molar-refractivity contribution in [2.24, 2.45) is 0 Å². The highest BCUT2D eigenvalue weighted by atomic mass is 35.5. The van der Waals surface area contributed by atoms with Gasteiger partial charge in [-0.05, 0) is 18.2 Å².